The lowest BCUT2D eigenvalue weighted by Gasteiger charge is -2.39. The number of hydrogen-bond donors (Lipinski definition) is 1. The van der Waals surface area contributed by atoms with Crippen molar-refractivity contribution in [2.45, 2.75) is 37.6 Å². The van der Waals surface area contributed by atoms with E-state index in [4.69, 9.17) is 37.9 Å². The molecule has 2 aliphatic heterocycles. The Morgan fingerprint density at radius 2 is 1.51 bits per heavy atom. The maximum atomic E-state index is 13.5. The summed E-state index contributed by atoms with van der Waals surface area (Å²) in [6.45, 7) is 0.648. The number of carbonyl (C=O) groups excluding carboxylic acids is 3. The van der Waals surface area contributed by atoms with E-state index in [9.17, 15) is 18.8 Å². The van der Waals surface area contributed by atoms with Gasteiger partial charge < -0.3 is 43.2 Å². The van der Waals surface area contributed by atoms with Crippen molar-refractivity contribution in [3.05, 3.63) is 106 Å². The lowest BCUT2D eigenvalue weighted by atomic mass is 9.65. The lowest BCUT2D eigenvalue weighted by Crippen LogP contribution is -2.42. The maximum absolute atomic E-state index is 13.5. The highest BCUT2D eigenvalue weighted by atomic mass is 19.1. The van der Waals surface area contributed by atoms with Crippen molar-refractivity contribution in [3.8, 4) is 40.2 Å². The molecule has 2 heterocycles. The van der Waals surface area contributed by atoms with E-state index < -0.39 is 23.7 Å². The van der Waals surface area contributed by atoms with Crippen molar-refractivity contribution < 1.29 is 56.7 Å². The number of unbranched alkanes of at least 4 members (excludes halogenated alkanes) is 2. The van der Waals surface area contributed by atoms with E-state index in [0.717, 1.165) is 23.1 Å². The van der Waals surface area contributed by atoms with Crippen LogP contribution in [0.3, 0.4) is 0 Å². The van der Waals surface area contributed by atoms with Crippen LogP contribution in [-0.2, 0) is 14.3 Å². The standard InChI is InChI=1S/C44H44FNO11/c1-50-34-20-29(15-11-26(34)12-16-33(47)25-9-13-28(45)14-10-25)54-17-7-5-6-8-39(48)46-42-31-22-36-35(56-24-57-36)21-30(31)40(41-32(42)23-55-44(41)49)27-18-37(51-2)43(53-4)38(19-27)52-3/h9-16,18-22,32,40-42H,5-8,17,23-24H2,1-4H3,(H,46,48)/b16-12+/t32-,40+,41-,42+/m0/s1. The summed E-state index contributed by atoms with van der Waals surface area (Å²) in [6, 6.07) is 17.7. The number of rotatable bonds is 16. The number of allylic oxidation sites excluding steroid dienone is 1. The number of ketones is 1. The summed E-state index contributed by atoms with van der Waals surface area (Å²) < 4.78 is 58.8. The Morgan fingerprint density at radius 3 is 2.19 bits per heavy atom. The van der Waals surface area contributed by atoms with Gasteiger partial charge in [0.2, 0.25) is 18.4 Å². The molecule has 298 valence electrons. The molecule has 57 heavy (non-hydrogen) atoms. The molecular weight excluding hydrogens is 737 g/mol. The van der Waals surface area contributed by atoms with Crippen molar-refractivity contribution in [3.63, 3.8) is 0 Å². The highest BCUT2D eigenvalue weighted by molar-refractivity contribution is 6.06. The summed E-state index contributed by atoms with van der Waals surface area (Å²) in [5.41, 5.74) is 3.49. The molecule has 0 unspecified atom stereocenters. The van der Waals surface area contributed by atoms with Crippen LogP contribution in [0, 0.1) is 17.7 Å². The Hall–Kier alpha value is -6.24. The molecule has 1 amide bonds. The predicted octanol–water partition coefficient (Wildman–Crippen LogP) is 7.22. The Bertz CT molecular complexity index is 2140. The van der Waals surface area contributed by atoms with Gasteiger partial charge in [0.15, 0.2) is 28.8 Å². The Kier molecular flexibility index (Phi) is 11.8. The lowest BCUT2D eigenvalue weighted by molar-refractivity contribution is -0.141. The highest BCUT2D eigenvalue weighted by Gasteiger charge is 2.53. The topological polar surface area (TPSA) is 137 Å². The molecule has 0 saturated carbocycles. The second kappa shape index (κ2) is 17.3. The van der Waals surface area contributed by atoms with Gasteiger partial charge in [0, 0.05) is 35.4 Å². The van der Waals surface area contributed by atoms with E-state index in [1.807, 2.05) is 24.3 Å². The largest absolute Gasteiger partial charge is 0.496 e. The first kappa shape index (κ1) is 39.0. The van der Waals surface area contributed by atoms with Crippen LogP contribution in [0.4, 0.5) is 4.39 Å². The highest BCUT2D eigenvalue weighted by Crippen LogP contribution is 2.55. The quantitative estimate of drug-likeness (QED) is 0.0534. The Labute approximate surface area is 329 Å². The smallest absolute Gasteiger partial charge is 0.310 e. The third-order valence-electron chi connectivity index (χ3n) is 10.6. The average molecular weight is 782 g/mol. The van der Waals surface area contributed by atoms with E-state index >= 15 is 0 Å². The number of halogens is 1. The van der Waals surface area contributed by atoms with Gasteiger partial charge in [-0.05, 0) is 109 Å². The molecule has 1 aliphatic carbocycles. The Morgan fingerprint density at radius 1 is 0.807 bits per heavy atom. The fraction of sp³-hybridized carbons (Fsp3) is 0.341. The third-order valence-corrected chi connectivity index (χ3v) is 10.6. The number of cyclic esters (lactones) is 1. The minimum absolute atomic E-state index is 0.0705. The van der Waals surface area contributed by atoms with E-state index in [1.54, 1.807) is 38.5 Å². The van der Waals surface area contributed by atoms with Crippen molar-refractivity contribution in [2.75, 3.05) is 48.4 Å². The van der Waals surface area contributed by atoms with Crippen LogP contribution >= 0.6 is 0 Å². The molecule has 13 heteroatoms. The van der Waals surface area contributed by atoms with Gasteiger partial charge in [-0.25, -0.2) is 4.39 Å². The number of methoxy groups -OCH3 is 4. The SMILES string of the molecule is COc1cc(OCCCCCC(=O)N[C@@H]2c3cc4c(cc3[C@@H](c3cc(OC)c(OC)c(OC)c3)[C@H]3C(=O)OC[C@@H]32)OCO4)ccc1/C=C/C(=O)c1ccc(F)cc1. The molecule has 4 aromatic rings. The molecule has 1 saturated heterocycles. The van der Waals surface area contributed by atoms with Crippen LogP contribution in [0.15, 0.2) is 72.8 Å². The van der Waals surface area contributed by atoms with E-state index in [-0.39, 0.29) is 43.4 Å². The molecular formula is C44H44FNO11. The van der Waals surface area contributed by atoms with Crippen LogP contribution in [0.25, 0.3) is 6.08 Å². The summed E-state index contributed by atoms with van der Waals surface area (Å²) in [4.78, 5) is 39.5. The summed E-state index contributed by atoms with van der Waals surface area (Å²) in [6.07, 6.45) is 5.42. The third kappa shape index (κ3) is 8.18. The molecule has 1 fully saturated rings. The van der Waals surface area contributed by atoms with E-state index in [0.29, 0.717) is 70.8 Å². The molecule has 1 N–H and O–H groups in total. The van der Waals surface area contributed by atoms with Crippen molar-refractivity contribution in [1.82, 2.24) is 5.32 Å². The van der Waals surface area contributed by atoms with Crippen LogP contribution in [0.2, 0.25) is 0 Å². The van der Waals surface area contributed by atoms with Gasteiger partial charge in [0.05, 0.1) is 53.6 Å². The second-order valence-electron chi connectivity index (χ2n) is 13.9. The molecule has 4 aromatic carbocycles. The van der Waals surface area contributed by atoms with Gasteiger partial charge in [-0.2, -0.15) is 0 Å². The molecule has 4 atom stereocenters. The number of benzene rings is 4. The fourth-order valence-corrected chi connectivity index (χ4v) is 7.82. The minimum atomic E-state index is -0.601. The molecule has 0 aromatic heterocycles. The van der Waals surface area contributed by atoms with Crippen LogP contribution in [-0.4, -0.2) is 66.1 Å². The first-order valence-corrected chi connectivity index (χ1v) is 18.7. The summed E-state index contributed by atoms with van der Waals surface area (Å²) in [5.74, 6) is 1.07. The van der Waals surface area contributed by atoms with Crippen molar-refractivity contribution >= 4 is 23.7 Å². The van der Waals surface area contributed by atoms with Crippen LogP contribution < -0.4 is 38.5 Å². The van der Waals surface area contributed by atoms with E-state index in [2.05, 4.69) is 5.32 Å². The summed E-state index contributed by atoms with van der Waals surface area (Å²) in [5, 5.41) is 3.23. The number of fused-ring (bicyclic) bond motifs is 3. The van der Waals surface area contributed by atoms with E-state index in [1.165, 1.54) is 44.6 Å². The fourth-order valence-electron chi connectivity index (χ4n) is 7.82. The molecule has 0 spiro atoms. The monoisotopic (exact) mass is 781 g/mol. The van der Waals surface area contributed by atoms with Crippen molar-refractivity contribution in [1.29, 1.82) is 0 Å². The number of hydrogen-bond acceptors (Lipinski definition) is 11. The number of amides is 1. The second-order valence-corrected chi connectivity index (χ2v) is 13.9. The number of ether oxygens (including phenoxy) is 8. The van der Waals surface area contributed by atoms with Crippen LogP contribution in [0.5, 0.6) is 40.2 Å². The predicted molar refractivity (Wildman–Crippen MR) is 206 cm³/mol. The molecule has 0 bridgehead atoms. The summed E-state index contributed by atoms with van der Waals surface area (Å²) >= 11 is 0. The van der Waals surface area contributed by atoms with Gasteiger partial charge in [-0.15, -0.1) is 0 Å². The van der Waals surface area contributed by atoms with Gasteiger partial charge in [0.1, 0.15) is 17.3 Å². The average Bonchev–Trinajstić information content (AvgIpc) is 3.86. The van der Waals surface area contributed by atoms with Gasteiger partial charge in [-0.1, -0.05) is 0 Å². The zero-order valence-electron chi connectivity index (χ0n) is 32.1. The maximum Gasteiger partial charge on any atom is 0.310 e. The molecule has 0 radical (unpaired) electrons. The molecule has 12 nitrogen and oxygen atoms in total. The number of esters is 1. The minimum Gasteiger partial charge on any atom is -0.496 e. The van der Waals surface area contributed by atoms with Crippen LogP contribution in [0.1, 0.15) is 70.3 Å². The van der Waals surface area contributed by atoms with Gasteiger partial charge in [-0.3, -0.25) is 14.4 Å². The molecule has 3 aliphatic rings. The summed E-state index contributed by atoms with van der Waals surface area (Å²) in [7, 11) is 6.16. The number of carbonyl (C=O) groups is 3. The van der Waals surface area contributed by atoms with Crippen molar-refractivity contribution in [2.24, 2.45) is 11.8 Å². The number of nitrogens with one attached hydrogen (secondary N) is 1. The first-order valence-electron chi connectivity index (χ1n) is 18.7. The zero-order chi connectivity index (χ0) is 40.1. The van der Waals surface area contributed by atoms with Gasteiger partial charge in [0.25, 0.3) is 0 Å². The Balaban J connectivity index is 0.982. The first-order chi connectivity index (χ1) is 27.7. The normalized spacial score (nSPS) is 19.0. The molecule has 7 rings (SSSR count). The van der Waals surface area contributed by atoms with Gasteiger partial charge >= 0.3 is 5.97 Å². The zero-order valence-corrected chi connectivity index (χ0v) is 32.1.